The lowest BCUT2D eigenvalue weighted by molar-refractivity contribution is 0.442. The van der Waals surface area contributed by atoms with Crippen LogP contribution >= 0.6 is 0 Å². The molecule has 1 saturated heterocycles. The van der Waals surface area contributed by atoms with Crippen LogP contribution in [0.5, 0.6) is 0 Å². The zero-order chi connectivity index (χ0) is 15.2. The number of rotatable bonds is 4. The summed E-state index contributed by atoms with van der Waals surface area (Å²) in [5.41, 5.74) is 6.07. The van der Waals surface area contributed by atoms with Crippen molar-refractivity contribution in [3.8, 4) is 0 Å². The molecule has 2 fully saturated rings. The Hall–Kier alpha value is -1.56. The van der Waals surface area contributed by atoms with Crippen LogP contribution in [-0.4, -0.2) is 42.7 Å². The Labute approximate surface area is 126 Å². The van der Waals surface area contributed by atoms with Crippen molar-refractivity contribution in [2.24, 2.45) is 17.3 Å². The molecule has 0 bridgehead atoms. The molecule has 1 unspecified atom stereocenters. The fraction of sp³-hybridized carbons (Fsp3) is 0.733. The lowest BCUT2D eigenvalue weighted by Crippen LogP contribution is -2.30. The third-order valence-corrected chi connectivity index (χ3v) is 4.38. The minimum atomic E-state index is 0.204. The molecule has 4 N–H and O–H groups in total. The molecule has 1 aliphatic heterocycles. The summed E-state index contributed by atoms with van der Waals surface area (Å²) in [7, 11) is 2.05. The predicted molar refractivity (Wildman–Crippen MR) is 86.4 cm³/mol. The molecular weight excluding hydrogens is 264 g/mol. The molecule has 0 amide bonds. The fourth-order valence-electron chi connectivity index (χ4n) is 3.20. The summed E-state index contributed by atoms with van der Waals surface area (Å²) in [6, 6.07) is 2.71. The third kappa shape index (κ3) is 3.05. The lowest BCUT2D eigenvalue weighted by atomic mass is 9.97. The lowest BCUT2D eigenvalue weighted by Gasteiger charge is -2.23. The smallest absolute Gasteiger partial charge is 0.223 e. The quantitative estimate of drug-likeness (QED) is 0.772. The van der Waals surface area contributed by atoms with Crippen molar-refractivity contribution < 1.29 is 0 Å². The van der Waals surface area contributed by atoms with Crippen LogP contribution in [0.3, 0.4) is 0 Å². The van der Waals surface area contributed by atoms with E-state index in [1.165, 1.54) is 0 Å². The number of hydrogen-bond donors (Lipinski definition) is 3. The van der Waals surface area contributed by atoms with Gasteiger partial charge >= 0.3 is 0 Å². The minimum Gasteiger partial charge on any atom is -0.369 e. The second-order valence-corrected chi connectivity index (χ2v) is 7.43. The number of fused-ring (bicyclic) bond motifs is 1. The van der Waals surface area contributed by atoms with Gasteiger partial charge in [0.2, 0.25) is 5.95 Å². The van der Waals surface area contributed by atoms with E-state index in [9.17, 15) is 0 Å². The van der Waals surface area contributed by atoms with E-state index in [0.29, 0.717) is 12.0 Å². The number of nitrogens with one attached hydrogen (secondary N) is 2. The Morgan fingerprint density at radius 1 is 1.29 bits per heavy atom. The second kappa shape index (κ2) is 5.02. The van der Waals surface area contributed by atoms with Gasteiger partial charge in [-0.05, 0) is 24.3 Å². The first-order valence-corrected chi connectivity index (χ1v) is 7.68. The van der Waals surface area contributed by atoms with Gasteiger partial charge in [0.05, 0.1) is 0 Å². The molecule has 1 aromatic heterocycles. The molecule has 116 valence electrons. The highest BCUT2D eigenvalue weighted by Crippen LogP contribution is 2.46. The Bertz CT molecular complexity index is 511. The topological polar surface area (TPSA) is 79.1 Å². The number of nitrogens with zero attached hydrogens (tertiary/aromatic N) is 3. The van der Waals surface area contributed by atoms with Crippen molar-refractivity contribution in [2.45, 2.75) is 26.8 Å². The Morgan fingerprint density at radius 3 is 2.52 bits per heavy atom. The Balaban J connectivity index is 1.68. The standard InChI is InChI=1S/C15H26N6/c1-15(2,3)8-18-11-5-12(20-14(16)19-11)21-6-9-10(7-21)13(9)17-4/h5,9-10,13,17H,6-8H2,1-4H3,(H3,16,18,19,20)/t9-,10+,13?. The molecular formula is C15H26N6. The van der Waals surface area contributed by atoms with Gasteiger partial charge in [-0.1, -0.05) is 20.8 Å². The van der Waals surface area contributed by atoms with E-state index in [2.05, 4.69) is 46.3 Å². The van der Waals surface area contributed by atoms with Gasteiger partial charge in [-0.25, -0.2) is 0 Å². The molecule has 0 radical (unpaired) electrons. The van der Waals surface area contributed by atoms with Crippen LogP contribution in [0.2, 0.25) is 0 Å². The third-order valence-electron chi connectivity index (χ3n) is 4.38. The Kier molecular flexibility index (Phi) is 3.43. The summed E-state index contributed by atoms with van der Waals surface area (Å²) in [6.07, 6.45) is 0. The summed E-state index contributed by atoms with van der Waals surface area (Å²) in [4.78, 5) is 11.0. The zero-order valence-electron chi connectivity index (χ0n) is 13.3. The summed E-state index contributed by atoms with van der Waals surface area (Å²) in [5, 5.41) is 6.74. The van der Waals surface area contributed by atoms with Crippen molar-refractivity contribution in [1.82, 2.24) is 15.3 Å². The predicted octanol–water partition coefficient (Wildman–Crippen LogP) is 1.17. The van der Waals surface area contributed by atoms with Crippen LogP contribution in [0, 0.1) is 17.3 Å². The number of nitrogens with two attached hydrogens (primary N) is 1. The van der Waals surface area contributed by atoms with Crippen molar-refractivity contribution in [1.29, 1.82) is 0 Å². The maximum atomic E-state index is 5.86. The molecule has 1 aromatic rings. The highest BCUT2D eigenvalue weighted by molar-refractivity contribution is 5.54. The summed E-state index contributed by atoms with van der Waals surface area (Å²) < 4.78 is 0. The molecule has 6 heteroatoms. The average Bonchev–Trinajstić information content (AvgIpc) is 2.86. The molecule has 3 rings (SSSR count). The molecule has 2 aliphatic rings. The maximum absolute atomic E-state index is 5.86. The molecule has 0 aromatic carbocycles. The average molecular weight is 290 g/mol. The second-order valence-electron chi connectivity index (χ2n) is 7.43. The van der Waals surface area contributed by atoms with Gasteiger partial charge < -0.3 is 21.3 Å². The summed E-state index contributed by atoms with van der Waals surface area (Å²) in [6.45, 7) is 9.55. The molecule has 2 heterocycles. The van der Waals surface area contributed by atoms with Crippen LogP contribution in [0.4, 0.5) is 17.6 Å². The number of hydrogen-bond acceptors (Lipinski definition) is 6. The first-order chi connectivity index (χ1) is 9.87. The van der Waals surface area contributed by atoms with E-state index >= 15 is 0 Å². The molecule has 6 nitrogen and oxygen atoms in total. The van der Waals surface area contributed by atoms with Gasteiger partial charge in [-0.15, -0.1) is 0 Å². The van der Waals surface area contributed by atoms with Gasteiger partial charge in [0.25, 0.3) is 0 Å². The van der Waals surface area contributed by atoms with E-state index < -0.39 is 0 Å². The highest BCUT2D eigenvalue weighted by Gasteiger charge is 2.55. The highest BCUT2D eigenvalue weighted by atomic mass is 15.3. The van der Waals surface area contributed by atoms with Gasteiger partial charge in [0, 0.05) is 31.7 Å². The van der Waals surface area contributed by atoms with E-state index in [0.717, 1.165) is 43.1 Å². The van der Waals surface area contributed by atoms with E-state index in [1.54, 1.807) is 0 Å². The fourth-order valence-corrected chi connectivity index (χ4v) is 3.20. The van der Waals surface area contributed by atoms with Crippen LogP contribution in [0.15, 0.2) is 6.07 Å². The minimum absolute atomic E-state index is 0.204. The van der Waals surface area contributed by atoms with Crippen LogP contribution < -0.4 is 21.3 Å². The number of piperidine rings is 1. The molecule has 1 saturated carbocycles. The van der Waals surface area contributed by atoms with E-state index in [-0.39, 0.29) is 5.41 Å². The molecule has 21 heavy (non-hydrogen) atoms. The summed E-state index contributed by atoms with van der Waals surface area (Å²) >= 11 is 0. The van der Waals surface area contributed by atoms with E-state index in [1.807, 2.05) is 13.1 Å². The van der Waals surface area contributed by atoms with Gasteiger partial charge in [-0.2, -0.15) is 9.97 Å². The molecule has 0 spiro atoms. The SMILES string of the molecule is CNC1[C@H]2CN(c3cc(NCC(C)(C)C)nc(N)n3)C[C@@H]12. The van der Waals surface area contributed by atoms with Gasteiger partial charge in [0.1, 0.15) is 11.6 Å². The van der Waals surface area contributed by atoms with Crippen LogP contribution in [0.1, 0.15) is 20.8 Å². The number of anilines is 3. The van der Waals surface area contributed by atoms with Crippen molar-refractivity contribution in [2.75, 3.05) is 42.6 Å². The first kappa shape index (κ1) is 14.4. The zero-order valence-corrected chi connectivity index (χ0v) is 13.3. The van der Waals surface area contributed by atoms with E-state index in [4.69, 9.17) is 5.73 Å². The van der Waals surface area contributed by atoms with Crippen molar-refractivity contribution >= 4 is 17.6 Å². The van der Waals surface area contributed by atoms with Crippen molar-refractivity contribution in [3.05, 3.63) is 6.07 Å². The number of aromatic nitrogens is 2. The maximum Gasteiger partial charge on any atom is 0.223 e. The first-order valence-electron chi connectivity index (χ1n) is 7.68. The normalized spacial score (nSPS) is 27.6. The van der Waals surface area contributed by atoms with Gasteiger partial charge in [0.15, 0.2) is 0 Å². The molecule has 3 atom stereocenters. The van der Waals surface area contributed by atoms with Gasteiger partial charge in [-0.3, -0.25) is 0 Å². The largest absolute Gasteiger partial charge is 0.369 e. The van der Waals surface area contributed by atoms with Crippen LogP contribution in [-0.2, 0) is 0 Å². The monoisotopic (exact) mass is 290 g/mol. The Morgan fingerprint density at radius 2 is 1.95 bits per heavy atom. The van der Waals surface area contributed by atoms with Crippen molar-refractivity contribution in [3.63, 3.8) is 0 Å². The van der Waals surface area contributed by atoms with Crippen LogP contribution in [0.25, 0.3) is 0 Å². The molecule has 1 aliphatic carbocycles. The summed E-state index contributed by atoms with van der Waals surface area (Å²) in [5.74, 6) is 3.63. The number of nitrogen functional groups attached to an aromatic ring is 1.